The van der Waals surface area contributed by atoms with Gasteiger partial charge in [-0.3, -0.25) is 0 Å². The lowest BCUT2D eigenvalue weighted by Crippen LogP contribution is -2.61. The van der Waals surface area contributed by atoms with E-state index in [1.54, 1.807) is 0 Å². The van der Waals surface area contributed by atoms with Gasteiger partial charge in [-0.25, -0.2) is 0 Å². The molecule has 4 aliphatic rings. The Bertz CT molecular complexity index is 3410. The van der Waals surface area contributed by atoms with Crippen molar-refractivity contribution in [3.8, 4) is 22.3 Å². The number of hydrogen-bond acceptors (Lipinski definition) is 4. The SMILES string of the molecule is CC(C)(C)c1ccc(N2c3cc(C(C)(C)C)ccc3B3c4c2cc(C(C)(C)C)cc4N(c2ccc(C(C)(C)C)cc2)c2sc4c(c23)-c2cc(C(C)(C)C)sc2C42c3ccccc3-c3ccccc32)cc1. The van der Waals surface area contributed by atoms with Crippen LogP contribution in [0, 0.1) is 0 Å². The Kier molecular flexibility index (Phi) is 9.58. The first-order valence-corrected chi connectivity index (χ1v) is 27.2. The van der Waals surface area contributed by atoms with Gasteiger partial charge in [0.25, 0.3) is 6.71 Å². The first-order valence-electron chi connectivity index (χ1n) is 25.5. The number of fused-ring (bicyclic) bond motifs is 15. The van der Waals surface area contributed by atoms with E-state index >= 15 is 0 Å². The second-order valence-corrected chi connectivity index (χ2v) is 27.9. The molecule has 1 spiro atoms. The van der Waals surface area contributed by atoms with Crippen molar-refractivity contribution in [2.24, 2.45) is 0 Å². The van der Waals surface area contributed by atoms with Gasteiger partial charge in [0.05, 0.1) is 10.4 Å². The average molecular weight is 951 g/mol. The minimum Gasteiger partial charge on any atom is -0.311 e. The number of thiophene rings is 2. The first kappa shape index (κ1) is 45.5. The van der Waals surface area contributed by atoms with Gasteiger partial charge in [0.2, 0.25) is 0 Å². The van der Waals surface area contributed by atoms with Crippen molar-refractivity contribution in [1.29, 1.82) is 0 Å². The molecule has 2 aliphatic carbocycles. The summed E-state index contributed by atoms with van der Waals surface area (Å²) in [6, 6.07) is 53.0. The Morgan fingerprint density at radius 1 is 0.400 bits per heavy atom. The maximum atomic E-state index is 2.70. The van der Waals surface area contributed by atoms with E-state index in [2.05, 4.69) is 270 Å². The molecule has 0 fully saturated rings. The summed E-state index contributed by atoms with van der Waals surface area (Å²) in [5.74, 6) is 0. The third-order valence-electron chi connectivity index (χ3n) is 16.0. The van der Waals surface area contributed by atoms with Crippen LogP contribution >= 0.6 is 22.7 Å². The Labute approximate surface area is 426 Å². The topological polar surface area (TPSA) is 6.48 Å². The van der Waals surface area contributed by atoms with Gasteiger partial charge in [0.15, 0.2) is 0 Å². The highest BCUT2D eigenvalue weighted by molar-refractivity contribution is 7.22. The van der Waals surface area contributed by atoms with Gasteiger partial charge >= 0.3 is 0 Å². The molecule has 352 valence electrons. The predicted molar refractivity (Wildman–Crippen MR) is 306 cm³/mol. The van der Waals surface area contributed by atoms with E-state index in [1.807, 2.05) is 0 Å². The molecule has 2 aromatic heterocycles. The fourth-order valence-corrected chi connectivity index (χ4v) is 15.2. The molecule has 70 heavy (non-hydrogen) atoms. The summed E-state index contributed by atoms with van der Waals surface area (Å²) in [6.07, 6.45) is 0. The van der Waals surface area contributed by atoms with Crippen LogP contribution in [0.5, 0.6) is 0 Å². The molecule has 5 heteroatoms. The lowest BCUT2D eigenvalue weighted by atomic mass is 9.33. The molecular formula is C65H67BN2S2. The Balaban J connectivity index is 1.25. The van der Waals surface area contributed by atoms with Crippen molar-refractivity contribution in [3.05, 3.63) is 181 Å². The molecule has 0 bridgehead atoms. The minimum absolute atomic E-state index is 0.0129. The standard InChI is InChI=1S/C65H67BN2S2/c1-60(2,3)38-24-29-42(30-25-38)67-50-34-40(62(7,8)9)28-33-49(50)66-55-51(67)35-41(63(10,11)12)36-52(55)68(43-31-26-39(27-32-43)61(4,5)6)59-56(66)54-46-37-53(64(13,14)15)69-57(46)65(58(54)70-59)47-22-18-16-20-44(47)45-21-17-19-23-48(45)65/h16-37H,1-15H3. The maximum absolute atomic E-state index is 2.70. The monoisotopic (exact) mass is 950 g/mol. The molecule has 0 atom stereocenters. The largest absolute Gasteiger partial charge is 0.311 e. The molecule has 0 saturated carbocycles. The van der Waals surface area contributed by atoms with E-state index < -0.39 is 5.41 Å². The van der Waals surface area contributed by atoms with E-state index in [4.69, 9.17) is 0 Å². The fraction of sp³-hybridized carbons (Fsp3) is 0.323. The van der Waals surface area contributed by atoms with Crippen LogP contribution in [0.4, 0.5) is 33.4 Å². The smallest absolute Gasteiger partial charge is 0.254 e. The number of anilines is 6. The fourth-order valence-electron chi connectivity index (χ4n) is 12.1. The Morgan fingerprint density at radius 3 is 1.39 bits per heavy atom. The van der Waals surface area contributed by atoms with Crippen LogP contribution in [-0.4, -0.2) is 6.71 Å². The molecule has 8 aromatic rings. The average Bonchev–Trinajstić information content (AvgIpc) is 4.04. The van der Waals surface area contributed by atoms with Crippen molar-refractivity contribution in [2.75, 3.05) is 9.80 Å². The zero-order valence-corrected chi connectivity index (χ0v) is 45.6. The molecule has 0 saturated heterocycles. The second kappa shape index (κ2) is 14.7. The van der Waals surface area contributed by atoms with Crippen molar-refractivity contribution in [1.82, 2.24) is 0 Å². The highest BCUT2D eigenvalue weighted by atomic mass is 32.1. The summed E-state index contributed by atoms with van der Waals surface area (Å²) in [7, 11) is 0. The van der Waals surface area contributed by atoms with Gasteiger partial charge in [0, 0.05) is 43.1 Å². The van der Waals surface area contributed by atoms with E-state index in [0.29, 0.717) is 0 Å². The van der Waals surface area contributed by atoms with Gasteiger partial charge in [-0.1, -0.05) is 189 Å². The van der Waals surface area contributed by atoms with Crippen LogP contribution in [0.1, 0.15) is 152 Å². The highest BCUT2D eigenvalue weighted by Gasteiger charge is 2.58. The van der Waals surface area contributed by atoms with E-state index in [1.165, 1.54) is 120 Å². The van der Waals surface area contributed by atoms with Crippen LogP contribution < -0.4 is 26.2 Å². The van der Waals surface area contributed by atoms with Crippen molar-refractivity contribution in [2.45, 2.75) is 136 Å². The van der Waals surface area contributed by atoms with E-state index in [9.17, 15) is 0 Å². The Hall–Kier alpha value is -5.62. The van der Waals surface area contributed by atoms with Crippen LogP contribution in [0.2, 0.25) is 0 Å². The number of rotatable bonds is 2. The number of hydrogen-bond donors (Lipinski definition) is 0. The van der Waals surface area contributed by atoms with Crippen molar-refractivity contribution >= 4 is 79.2 Å². The third kappa shape index (κ3) is 6.42. The molecular weight excluding hydrogens is 884 g/mol. The molecule has 0 N–H and O–H groups in total. The van der Waals surface area contributed by atoms with Gasteiger partial charge in [-0.2, -0.15) is 0 Å². The van der Waals surface area contributed by atoms with Crippen LogP contribution in [0.3, 0.4) is 0 Å². The van der Waals surface area contributed by atoms with Crippen LogP contribution in [-0.2, 0) is 32.5 Å². The van der Waals surface area contributed by atoms with E-state index in [0.717, 1.165) is 0 Å². The van der Waals surface area contributed by atoms with Gasteiger partial charge in [-0.15, -0.1) is 22.7 Å². The van der Waals surface area contributed by atoms with Crippen molar-refractivity contribution < 1.29 is 0 Å². The van der Waals surface area contributed by atoms with Crippen molar-refractivity contribution in [3.63, 3.8) is 0 Å². The molecule has 2 aliphatic heterocycles. The van der Waals surface area contributed by atoms with Gasteiger partial charge in [-0.05, 0) is 148 Å². The lowest BCUT2D eigenvalue weighted by molar-refractivity contribution is 0.589. The zero-order chi connectivity index (χ0) is 49.4. The number of nitrogens with zero attached hydrogens (tertiary/aromatic N) is 2. The number of benzene rings is 6. The quantitative estimate of drug-likeness (QED) is 0.159. The molecule has 0 amide bonds. The highest BCUT2D eigenvalue weighted by Crippen LogP contribution is 2.68. The second-order valence-electron chi connectivity index (χ2n) is 25.9. The van der Waals surface area contributed by atoms with Gasteiger partial charge < -0.3 is 9.80 Å². The summed E-state index contributed by atoms with van der Waals surface area (Å²) in [5.41, 5.74) is 23.7. The summed E-state index contributed by atoms with van der Waals surface area (Å²) < 4.78 is 0. The van der Waals surface area contributed by atoms with Crippen LogP contribution in [0.25, 0.3) is 22.3 Å². The van der Waals surface area contributed by atoms with E-state index in [-0.39, 0.29) is 33.8 Å². The molecule has 12 rings (SSSR count). The molecule has 0 unspecified atom stereocenters. The summed E-state index contributed by atoms with van der Waals surface area (Å²) in [6.45, 7) is 35.3. The summed E-state index contributed by atoms with van der Waals surface area (Å²) in [5, 5.41) is 1.34. The summed E-state index contributed by atoms with van der Waals surface area (Å²) in [4.78, 5) is 9.72. The maximum Gasteiger partial charge on any atom is 0.254 e. The lowest BCUT2D eigenvalue weighted by Gasteiger charge is -2.45. The molecule has 2 nitrogen and oxygen atoms in total. The predicted octanol–water partition coefficient (Wildman–Crippen LogP) is 16.7. The third-order valence-corrected chi connectivity index (χ3v) is 19.0. The van der Waals surface area contributed by atoms with Crippen LogP contribution in [0.15, 0.2) is 133 Å². The minimum atomic E-state index is -0.435. The molecule has 0 radical (unpaired) electrons. The molecule has 4 heterocycles. The van der Waals surface area contributed by atoms with Gasteiger partial charge in [0.1, 0.15) is 0 Å². The first-order chi connectivity index (χ1) is 32.9. The molecule has 6 aromatic carbocycles. The zero-order valence-electron chi connectivity index (χ0n) is 44.0. The normalized spacial score (nSPS) is 15.4. The Morgan fingerprint density at radius 2 is 0.871 bits per heavy atom. The summed E-state index contributed by atoms with van der Waals surface area (Å²) >= 11 is 4.12.